The largest absolute Gasteiger partial charge is 0.461 e. The zero-order valence-electron chi connectivity index (χ0n) is 17.9. The van der Waals surface area contributed by atoms with Gasteiger partial charge >= 0.3 is 18.0 Å². The number of carbonyl (C=O) groups is 3. The van der Waals surface area contributed by atoms with Gasteiger partial charge in [0.2, 0.25) is 0 Å². The Morgan fingerprint density at radius 1 is 1.03 bits per heavy atom. The maximum atomic E-state index is 12.6. The topological polar surface area (TPSA) is 134 Å². The fraction of sp³-hybridized carbons (Fsp3) is 0.318. The molecule has 170 valence electrons. The lowest BCUT2D eigenvalue weighted by atomic mass is 10.2. The Bertz CT molecular complexity index is 952. The number of hydrogen-bond acceptors (Lipinski definition) is 8. The molecule has 0 aliphatic carbocycles. The molecule has 10 nitrogen and oxygen atoms in total. The van der Waals surface area contributed by atoms with Crippen molar-refractivity contribution in [1.29, 1.82) is 0 Å². The van der Waals surface area contributed by atoms with Crippen LogP contribution in [0, 0.1) is 10.1 Å². The first-order valence-corrected chi connectivity index (χ1v) is 9.69. The van der Waals surface area contributed by atoms with Gasteiger partial charge in [0.1, 0.15) is 24.0 Å². The van der Waals surface area contributed by atoms with Gasteiger partial charge in [-0.15, -0.1) is 0 Å². The zero-order chi connectivity index (χ0) is 23.7. The quantitative estimate of drug-likeness (QED) is 0.283. The first kappa shape index (κ1) is 24.3. The second-order valence-corrected chi connectivity index (χ2v) is 7.72. The smallest absolute Gasteiger partial charge is 0.408 e. The van der Waals surface area contributed by atoms with E-state index in [4.69, 9.17) is 14.2 Å². The molecule has 0 spiro atoms. The Morgan fingerprint density at radius 3 is 2.22 bits per heavy atom. The van der Waals surface area contributed by atoms with E-state index in [-0.39, 0.29) is 18.0 Å². The summed E-state index contributed by atoms with van der Waals surface area (Å²) in [6.45, 7) is 4.93. The van der Waals surface area contributed by atoms with Gasteiger partial charge in [0.25, 0.3) is 5.69 Å². The van der Waals surface area contributed by atoms with E-state index in [1.54, 1.807) is 45.0 Å². The summed E-state index contributed by atoms with van der Waals surface area (Å²) < 4.78 is 15.5. The molecule has 1 atom stereocenters. The van der Waals surface area contributed by atoms with Crippen molar-refractivity contribution in [3.8, 4) is 5.75 Å². The lowest BCUT2D eigenvalue weighted by molar-refractivity contribution is -0.384. The molecule has 0 fully saturated rings. The Labute approximate surface area is 184 Å². The minimum Gasteiger partial charge on any atom is -0.461 e. The van der Waals surface area contributed by atoms with Gasteiger partial charge < -0.3 is 19.5 Å². The van der Waals surface area contributed by atoms with Crippen LogP contribution in [0.4, 0.5) is 10.5 Å². The van der Waals surface area contributed by atoms with E-state index in [1.165, 1.54) is 12.1 Å². The number of rotatable bonds is 8. The molecule has 32 heavy (non-hydrogen) atoms. The van der Waals surface area contributed by atoms with Crippen LogP contribution in [0.3, 0.4) is 0 Å². The fourth-order valence-electron chi connectivity index (χ4n) is 2.43. The van der Waals surface area contributed by atoms with E-state index in [9.17, 15) is 24.5 Å². The molecule has 2 aromatic rings. The van der Waals surface area contributed by atoms with Gasteiger partial charge in [0.15, 0.2) is 0 Å². The predicted molar refractivity (Wildman–Crippen MR) is 113 cm³/mol. The molecular formula is C22H24N2O8. The Hall–Kier alpha value is -3.95. The monoisotopic (exact) mass is 444 g/mol. The standard InChI is InChI=1S/C22H24N2O8/c1-22(2,3)32-21(27)23-18(13-19(25)30-14-15-7-5-4-6-8-15)20(26)31-17-11-9-16(10-12-17)24(28)29/h4-12,18H,13-14H2,1-3H3,(H,23,27)/t18-/m0/s1. The molecule has 0 saturated heterocycles. The number of benzene rings is 2. The third-order valence-corrected chi connectivity index (χ3v) is 3.85. The Balaban J connectivity index is 2.06. The zero-order valence-corrected chi connectivity index (χ0v) is 17.9. The van der Waals surface area contributed by atoms with Gasteiger partial charge in [-0.1, -0.05) is 30.3 Å². The molecule has 1 amide bonds. The number of non-ortho nitro benzene ring substituents is 1. The second-order valence-electron chi connectivity index (χ2n) is 7.72. The summed E-state index contributed by atoms with van der Waals surface area (Å²) in [4.78, 5) is 47.2. The van der Waals surface area contributed by atoms with E-state index in [1.807, 2.05) is 6.07 Å². The molecule has 2 rings (SSSR count). The number of nitrogens with one attached hydrogen (secondary N) is 1. The number of nitro groups is 1. The van der Waals surface area contributed by atoms with Gasteiger partial charge in [-0.3, -0.25) is 14.9 Å². The molecule has 0 bridgehead atoms. The minimum atomic E-state index is -1.40. The first-order valence-electron chi connectivity index (χ1n) is 9.69. The van der Waals surface area contributed by atoms with Crippen molar-refractivity contribution in [2.75, 3.05) is 0 Å². The molecule has 0 aromatic heterocycles. The minimum absolute atomic E-state index is 0.00374. The summed E-state index contributed by atoms with van der Waals surface area (Å²) in [5.41, 5.74) is -0.256. The highest BCUT2D eigenvalue weighted by Gasteiger charge is 2.29. The van der Waals surface area contributed by atoms with Crippen LogP contribution in [-0.2, 0) is 25.7 Å². The highest BCUT2D eigenvalue weighted by Crippen LogP contribution is 2.18. The van der Waals surface area contributed by atoms with Crippen molar-refractivity contribution >= 4 is 23.7 Å². The number of nitrogens with zero attached hydrogens (tertiary/aromatic N) is 1. The lowest BCUT2D eigenvalue weighted by Gasteiger charge is -2.22. The predicted octanol–water partition coefficient (Wildman–Crippen LogP) is 3.53. The van der Waals surface area contributed by atoms with Gasteiger partial charge in [-0.05, 0) is 38.5 Å². The molecule has 0 saturated carbocycles. The molecule has 10 heteroatoms. The lowest BCUT2D eigenvalue weighted by Crippen LogP contribution is -2.46. The van der Waals surface area contributed by atoms with E-state index in [0.717, 1.165) is 17.7 Å². The summed E-state index contributed by atoms with van der Waals surface area (Å²) in [6.07, 6.45) is -1.42. The molecule has 0 heterocycles. The number of ether oxygens (including phenoxy) is 3. The highest BCUT2D eigenvalue weighted by atomic mass is 16.6. The van der Waals surface area contributed by atoms with E-state index < -0.39 is 41.0 Å². The van der Waals surface area contributed by atoms with Crippen LogP contribution in [-0.4, -0.2) is 34.6 Å². The number of amides is 1. The maximum absolute atomic E-state index is 12.6. The van der Waals surface area contributed by atoms with Crippen LogP contribution >= 0.6 is 0 Å². The summed E-state index contributed by atoms with van der Waals surface area (Å²) in [7, 11) is 0. The number of carbonyl (C=O) groups excluding carboxylic acids is 3. The Kier molecular flexibility index (Phi) is 8.28. The third-order valence-electron chi connectivity index (χ3n) is 3.85. The average Bonchev–Trinajstić information content (AvgIpc) is 2.71. The van der Waals surface area contributed by atoms with E-state index >= 15 is 0 Å². The first-order chi connectivity index (χ1) is 15.0. The average molecular weight is 444 g/mol. The van der Waals surface area contributed by atoms with Crippen molar-refractivity contribution in [1.82, 2.24) is 5.32 Å². The summed E-state index contributed by atoms with van der Waals surface area (Å²) in [5.74, 6) is -1.69. The van der Waals surface area contributed by atoms with Crippen LogP contribution < -0.4 is 10.1 Å². The van der Waals surface area contributed by atoms with Crippen molar-refractivity contribution < 1.29 is 33.5 Å². The number of nitro benzene ring substituents is 1. The normalized spacial score (nSPS) is 11.7. The summed E-state index contributed by atoms with van der Waals surface area (Å²) >= 11 is 0. The molecule has 0 unspecified atom stereocenters. The van der Waals surface area contributed by atoms with E-state index in [2.05, 4.69) is 5.32 Å². The van der Waals surface area contributed by atoms with Crippen molar-refractivity contribution in [3.05, 3.63) is 70.3 Å². The maximum Gasteiger partial charge on any atom is 0.408 e. The van der Waals surface area contributed by atoms with Crippen LogP contribution in [0.25, 0.3) is 0 Å². The molecular weight excluding hydrogens is 420 g/mol. The van der Waals surface area contributed by atoms with Crippen LogP contribution in [0.15, 0.2) is 54.6 Å². The van der Waals surface area contributed by atoms with Gasteiger partial charge in [0, 0.05) is 12.1 Å². The van der Waals surface area contributed by atoms with Crippen LogP contribution in [0.1, 0.15) is 32.8 Å². The fourth-order valence-corrected chi connectivity index (χ4v) is 2.43. The SMILES string of the molecule is CC(C)(C)OC(=O)N[C@@H](CC(=O)OCc1ccccc1)C(=O)Oc1ccc([N+](=O)[O-])cc1. The second kappa shape index (κ2) is 10.9. The van der Waals surface area contributed by atoms with Gasteiger partial charge in [0.05, 0.1) is 11.3 Å². The molecule has 0 aliphatic rings. The number of esters is 2. The van der Waals surface area contributed by atoms with Crippen LogP contribution in [0.2, 0.25) is 0 Å². The molecule has 2 aromatic carbocycles. The third kappa shape index (κ3) is 8.42. The van der Waals surface area contributed by atoms with Crippen molar-refractivity contribution in [2.24, 2.45) is 0 Å². The number of hydrogen-bond donors (Lipinski definition) is 1. The highest BCUT2D eigenvalue weighted by molar-refractivity contribution is 5.87. The molecule has 0 aliphatic heterocycles. The summed E-state index contributed by atoms with van der Waals surface area (Å²) in [6, 6.07) is 12.3. The Morgan fingerprint density at radius 2 is 1.66 bits per heavy atom. The van der Waals surface area contributed by atoms with Crippen molar-refractivity contribution in [3.63, 3.8) is 0 Å². The van der Waals surface area contributed by atoms with E-state index in [0.29, 0.717) is 0 Å². The molecule has 1 N–H and O–H groups in total. The van der Waals surface area contributed by atoms with Crippen molar-refractivity contribution in [2.45, 2.75) is 45.4 Å². The van der Waals surface area contributed by atoms with Crippen LogP contribution in [0.5, 0.6) is 5.75 Å². The van der Waals surface area contributed by atoms with Gasteiger partial charge in [-0.2, -0.15) is 0 Å². The van der Waals surface area contributed by atoms with Gasteiger partial charge in [-0.25, -0.2) is 9.59 Å². The number of alkyl carbamates (subject to hydrolysis) is 1. The molecule has 0 radical (unpaired) electrons. The summed E-state index contributed by atoms with van der Waals surface area (Å²) in [5, 5.41) is 13.1.